The molecule has 0 unspecified atom stereocenters. The van der Waals surface area contributed by atoms with Crippen molar-refractivity contribution in [3.8, 4) is 0 Å². The second kappa shape index (κ2) is 6.57. The summed E-state index contributed by atoms with van der Waals surface area (Å²) in [6, 6.07) is 15.0. The first kappa shape index (κ1) is 17.3. The lowest BCUT2D eigenvalue weighted by Crippen LogP contribution is -2.09. The van der Waals surface area contributed by atoms with Crippen LogP contribution in [0.5, 0.6) is 0 Å². The van der Waals surface area contributed by atoms with E-state index in [1.54, 1.807) is 0 Å². The van der Waals surface area contributed by atoms with Crippen LogP contribution >= 0.6 is 0 Å². The number of nitrogens with one attached hydrogen (secondary N) is 1. The van der Waals surface area contributed by atoms with Crippen molar-refractivity contribution in [3.63, 3.8) is 0 Å². The van der Waals surface area contributed by atoms with Gasteiger partial charge in [0.05, 0.1) is 16.8 Å². The van der Waals surface area contributed by atoms with Crippen LogP contribution in [0.2, 0.25) is 0 Å². The summed E-state index contributed by atoms with van der Waals surface area (Å²) >= 11 is 0. The number of rotatable bonds is 4. The van der Waals surface area contributed by atoms with Crippen molar-refractivity contribution in [2.75, 3.05) is 11.9 Å². The van der Waals surface area contributed by atoms with E-state index in [0.717, 1.165) is 45.8 Å². The maximum absolute atomic E-state index is 12.6. The number of para-hydroxylation sites is 1. The first-order chi connectivity index (χ1) is 12.9. The van der Waals surface area contributed by atoms with E-state index in [1.165, 1.54) is 12.1 Å². The molecule has 4 nitrogen and oxygen atoms in total. The molecule has 0 radical (unpaired) electrons. The number of halogens is 3. The fourth-order valence-electron chi connectivity index (χ4n) is 3.10. The predicted molar refractivity (Wildman–Crippen MR) is 98.9 cm³/mol. The minimum absolute atomic E-state index is 0.561. The predicted octanol–water partition coefficient (Wildman–Crippen LogP) is 4.86. The summed E-state index contributed by atoms with van der Waals surface area (Å²) < 4.78 is 39.7. The molecule has 0 saturated carbocycles. The van der Waals surface area contributed by atoms with Crippen LogP contribution in [0.25, 0.3) is 16.6 Å². The molecule has 4 aromatic rings. The average molecular weight is 370 g/mol. The molecule has 0 saturated heterocycles. The zero-order valence-electron chi connectivity index (χ0n) is 14.6. The Morgan fingerprint density at radius 2 is 1.78 bits per heavy atom. The summed E-state index contributed by atoms with van der Waals surface area (Å²) in [5.74, 6) is 0.741. The third-order valence-electron chi connectivity index (χ3n) is 4.41. The van der Waals surface area contributed by atoms with Gasteiger partial charge in [0.2, 0.25) is 0 Å². The van der Waals surface area contributed by atoms with Gasteiger partial charge in [-0.3, -0.25) is 0 Å². The third kappa shape index (κ3) is 3.45. The summed E-state index contributed by atoms with van der Waals surface area (Å²) in [5, 5.41) is 8.73. The number of hydrogen-bond acceptors (Lipinski definition) is 3. The highest BCUT2D eigenvalue weighted by atomic mass is 19.4. The van der Waals surface area contributed by atoms with Crippen LogP contribution in [0, 0.1) is 6.92 Å². The van der Waals surface area contributed by atoms with Crippen LogP contribution in [0.1, 0.15) is 16.8 Å². The van der Waals surface area contributed by atoms with Gasteiger partial charge in [0, 0.05) is 18.0 Å². The molecule has 1 N–H and O–H groups in total. The fourth-order valence-corrected chi connectivity index (χ4v) is 3.10. The van der Waals surface area contributed by atoms with Gasteiger partial charge in [-0.1, -0.05) is 24.3 Å². The molecule has 0 aliphatic heterocycles. The van der Waals surface area contributed by atoms with Crippen molar-refractivity contribution in [3.05, 3.63) is 71.4 Å². The van der Waals surface area contributed by atoms with Gasteiger partial charge in [-0.25, -0.2) is 9.50 Å². The Kier molecular flexibility index (Phi) is 4.22. The zero-order valence-corrected chi connectivity index (χ0v) is 14.6. The Labute approximate surface area is 153 Å². The highest BCUT2D eigenvalue weighted by Gasteiger charge is 2.29. The van der Waals surface area contributed by atoms with Crippen LogP contribution in [0.4, 0.5) is 19.0 Å². The Balaban J connectivity index is 1.55. The lowest BCUT2D eigenvalue weighted by Gasteiger charge is -2.11. The fraction of sp³-hybridized carbons (Fsp3) is 0.200. The van der Waals surface area contributed by atoms with Gasteiger partial charge in [0.1, 0.15) is 5.82 Å². The van der Waals surface area contributed by atoms with Crippen molar-refractivity contribution in [1.82, 2.24) is 14.6 Å². The average Bonchev–Trinajstić information content (AvgIpc) is 3.02. The number of aromatic nitrogens is 3. The number of nitrogens with zero attached hydrogens (tertiary/aromatic N) is 3. The number of hydrogen-bond donors (Lipinski definition) is 1. The molecule has 0 atom stereocenters. The van der Waals surface area contributed by atoms with Gasteiger partial charge in [-0.05, 0) is 43.2 Å². The lowest BCUT2D eigenvalue weighted by atomic mass is 10.1. The number of alkyl halides is 3. The summed E-state index contributed by atoms with van der Waals surface area (Å²) in [6.45, 7) is 2.48. The molecule has 2 aromatic carbocycles. The Morgan fingerprint density at radius 3 is 2.52 bits per heavy atom. The van der Waals surface area contributed by atoms with Crippen LogP contribution in [-0.2, 0) is 12.6 Å². The van der Waals surface area contributed by atoms with E-state index >= 15 is 0 Å². The standard InChI is InChI=1S/C20H17F3N4/c1-13-12-18-25-19(16-4-2-3-5-17(16)27(18)26-13)24-11-10-14-6-8-15(9-7-14)20(21,22)23/h2-9,12H,10-11H2,1H3,(H,24,25). The molecular weight excluding hydrogens is 353 g/mol. The van der Waals surface area contributed by atoms with Crippen molar-refractivity contribution < 1.29 is 13.2 Å². The lowest BCUT2D eigenvalue weighted by molar-refractivity contribution is -0.137. The number of anilines is 1. The second-order valence-electron chi connectivity index (χ2n) is 6.40. The third-order valence-corrected chi connectivity index (χ3v) is 4.41. The summed E-state index contributed by atoms with van der Waals surface area (Å²) in [4.78, 5) is 4.64. The van der Waals surface area contributed by atoms with E-state index in [2.05, 4.69) is 15.4 Å². The summed E-state index contributed by atoms with van der Waals surface area (Å²) in [5.41, 5.74) is 2.79. The molecule has 0 bridgehead atoms. The Hall–Kier alpha value is -3.09. The van der Waals surface area contributed by atoms with Crippen molar-refractivity contribution >= 4 is 22.4 Å². The zero-order chi connectivity index (χ0) is 19.0. The minimum atomic E-state index is -4.31. The van der Waals surface area contributed by atoms with Gasteiger partial charge < -0.3 is 5.32 Å². The monoisotopic (exact) mass is 370 g/mol. The Bertz CT molecular complexity index is 1100. The summed E-state index contributed by atoms with van der Waals surface area (Å²) in [7, 11) is 0. The van der Waals surface area contributed by atoms with E-state index in [4.69, 9.17) is 0 Å². The second-order valence-corrected chi connectivity index (χ2v) is 6.40. The van der Waals surface area contributed by atoms with Crippen LogP contribution in [0.15, 0.2) is 54.6 Å². The molecule has 0 fully saturated rings. The van der Waals surface area contributed by atoms with Gasteiger partial charge in [-0.15, -0.1) is 0 Å². The normalized spacial score (nSPS) is 12.0. The Morgan fingerprint density at radius 1 is 1.04 bits per heavy atom. The molecule has 2 heterocycles. The SMILES string of the molecule is Cc1cc2nc(NCCc3ccc(C(F)(F)F)cc3)c3ccccc3n2n1. The first-order valence-electron chi connectivity index (χ1n) is 8.57. The van der Waals surface area contributed by atoms with Crippen molar-refractivity contribution in [1.29, 1.82) is 0 Å². The van der Waals surface area contributed by atoms with E-state index in [0.29, 0.717) is 13.0 Å². The van der Waals surface area contributed by atoms with Gasteiger partial charge in [-0.2, -0.15) is 18.3 Å². The molecule has 27 heavy (non-hydrogen) atoms. The topological polar surface area (TPSA) is 42.2 Å². The van der Waals surface area contributed by atoms with E-state index < -0.39 is 11.7 Å². The first-order valence-corrected chi connectivity index (χ1v) is 8.57. The number of aryl methyl sites for hydroxylation is 1. The van der Waals surface area contributed by atoms with E-state index in [9.17, 15) is 13.2 Å². The number of benzene rings is 2. The smallest absolute Gasteiger partial charge is 0.369 e. The highest BCUT2D eigenvalue weighted by Crippen LogP contribution is 2.29. The highest BCUT2D eigenvalue weighted by molar-refractivity contribution is 5.91. The van der Waals surface area contributed by atoms with Crippen LogP contribution < -0.4 is 5.32 Å². The van der Waals surface area contributed by atoms with E-state index in [1.807, 2.05) is 41.8 Å². The van der Waals surface area contributed by atoms with Gasteiger partial charge >= 0.3 is 6.18 Å². The molecule has 4 rings (SSSR count). The quantitative estimate of drug-likeness (QED) is 0.558. The minimum Gasteiger partial charge on any atom is -0.369 e. The van der Waals surface area contributed by atoms with Crippen molar-refractivity contribution in [2.45, 2.75) is 19.5 Å². The maximum atomic E-state index is 12.6. The molecule has 0 aliphatic rings. The van der Waals surface area contributed by atoms with Gasteiger partial charge in [0.15, 0.2) is 5.65 Å². The molecular formula is C20H17F3N4. The summed E-state index contributed by atoms with van der Waals surface area (Å²) in [6.07, 6.45) is -3.71. The molecule has 138 valence electrons. The van der Waals surface area contributed by atoms with E-state index in [-0.39, 0.29) is 0 Å². The molecule has 0 amide bonds. The van der Waals surface area contributed by atoms with Crippen molar-refractivity contribution in [2.24, 2.45) is 0 Å². The van der Waals surface area contributed by atoms with Gasteiger partial charge in [0.25, 0.3) is 0 Å². The number of fused-ring (bicyclic) bond motifs is 3. The largest absolute Gasteiger partial charge is 0.416 e. The molecule has 2 aromatic heterocycles. The maximum Gasteiger partial charge on any atom is 0.416 e. The van der Waals surface area contributed by atoms with Crippen LogP contribution in [-0.4, -0.2) is 21.1 Å². The molecule has 0 aliphatic carbocycles. The van der Waals surface area contributed by atoms with Crippen LogP contribution in [0.3, 0.4) is 0 Å². The molecule has 0 spiro atoms. The molecule has 7 heteroatoms.